The molecule has 0 radical (unpaired) electrons. The van der Waals surface area contributed by atoms with Crippen LogP contribution in [0.25, 0.3) is 0 Å². The molecule has 0 saturated heterocycles. The Morgan fingerprint density at radius 3 is 2.46 bits per heavy atom. The highest BCUT2D eigenvalue weighted by atomic mass is 19.3. The molecule has 1 aromatic heterocycles. The Morgan fingerprint density at radius 2 is 2.00 bits per heavy atom. The lowest BCUT2D eigenvalue weighted by Gasteiger charge is -2.11. The normalized spacial score (nSPS) is 11.2. The number of pyridine rings is 1. The average molecular weight is 186 g/mol. The fourth-order valence-corrected chi connectivity index (χ4v) is 0.844. The van der Waals surface area contributed by atoms with Crippen LogP contribution in [0.4, 0.5) is 8.78 Å². The first-order chi connectivity index (χ1) is 6.02. The van der Waals surface area contributed by atoms with E-state index in [4.69, 9.17) is 0 Å². The molecule has 0 bridgehead atoms. The molecule has 0 spiro atoms. The highest BCUT2D eigenvalue weighted by molar-refractivity contribution is 5.81. The largest absolute Gasteiger partial charge is 0.364 e. The van der Waals surface area contributed by atoms with Crippen LogP contribution in [-0.4, -0.2) is 16.8 Å². The van der Waals surface area contributed by atoms with E-state index in [1.807, 2.05) is 0 Å². The predicted molar refractivity (Wildman–Crippen MR) is 42.1 cm³/mol. The number of carbonyl (C=O) groups excluding carboxylic acids is 1. The summed E-state index contributed by atoms with van der Waals surface area (Å²) in [5.41, 5.74) is 4.85. The van der Waals surface area contributed by atoms with Crippen LogP contribution in [-0.2, 0) is 11.2 Å². The van der Waals surface area contributed by atoms with Gasteiger partial charge in [-0.2, -0.15) is 8.78 Å². The number of alkyl halides is 2. The maximum atomic E-state index is 12.7. The van der Waals surface area contributed by atoms with E-state index >= 15 is 0 Å². The van der Waals surface area contributed by atoms with Gasteiger partial charge in [-0.3, -0.25) is 9.78 Å². The van der Waals surface area contributed by atoms with Crippen LogP contribution in [0, 0.1) is 0 Å². The van der Waals surface area contributed by atoms with Gasteiger partial charge in [0.05, 0.1) is 0 Å². The molecule has 2 N–H and O–H groups in total. The van der Waals surface area contributed by atoms with Crippen molar-refractivity contribution >= 4 is 5.91 Å². The van der Waals surface area contributed by atoms with Crippen molar-refractivity contribution in [2.75, 3.05) is 0 Å². The van der Waals surface area contributed by atoms with Gasteiger partial charge >= 0.3 is 5.92 Å². The van der Waals surface area contributed by atoms with Crippen molar-refractivity contribution in [2.24, 2.45) is 5.73 Å². The number of carbonyl (C=O) groups is 1. The van der Waals surface area contributed by atoms with Crippen LogP contribution in [0.2, 0.25) is 0 Å². The van der Waals surface area contributed by atoms with Crippen LogP contribution < -0.4 is 5.73 Å². The van der Waals surface area contributed by atoms with Gasteiger partial charge in [-0.1, -0.05) is 0 Å². The third kappa shape index (κ3) is 2.47. The molecule has 0 aliphatic carbocycles. The number of aromatic nitrogens is 1. The Labute approximate surface area is 73.6 Å². The maximum Gasteiger partial charge on any atom is 0.328 e. The van der Waals surface area contributed by atoms with Crippen LogP contribution in [0.15, 0.2) is 24.5 Å². The molecule has 0 fully saturated rings. The molecule has 0 aliphatic rings. The van der Waals surface area contributed by atoms with Gasteiger partial charge in [0.2, 0.25) is 0 Å². The first-order valence-corrected chi connectivity index (χ1v) is 3.59. The second-order valence-corrected chi connectivity index (χ2v) is 2.60. The molecule has 0 atom stereocenters. The molecule has 0 aliphatic heterocycles. The number of amides is 1. The van der Waals surface area contributed by atoms with E-state index in [9.17, 15) is 13.6 Å². The number of rotatable bonds is 3. The summed E-state index contributed by atoms with van der Waals surface area (Å²) in [6.45, 7) is 0. The van der Waals surface area contributed by atoms with Crippen LogP contribution in [0.1, 0.15) is 5.56 Å². The molecular weight excluding hydrogens is 178 g/mol. The lowest BCUT2D eigenvalue weighted by molar-refractivity contribution is -0.141. The zero-order valence-electron chi connectivity index (χ0n) is 6.71. The second-order valence-electron chi connectivity index (χ2n) is 2.60. The third-order valence-corrected chi connectivity index (χ3v) is 1.54. The zero-order valence-corrected chi connectivity index (χ0v) is 6.71. The number of hydrogen-bond donors (Lipinski definition) is 1. The smallest absolute Gasteiger partial charge is 0.328 e. The Bertz CT molecular complexity index is 300. The van der Waals surface area contributed by atoms with Crippen molar-refractivity contribution in [3.8, 4) is 0 Å². The average Bonchev–Trinajstić information content (AvgIpc) is 2.05. The fraction of sp³-hybridized carbons (Fsp3) is 0.250. The summed E-state index contributed by atoms with van der Waals surface area (Å²) in [7, 11) is 0. The molecule has 3 nitrogen and oxygen atoms in total. The molecule has 13 heavy (non-hydrogen) atoms. The number of halogens is 2. The highest BCUT2D eigenvalue weighted by Crippen LogP contribution is 2.18. The quantitative estimate of drug-likeness (QED) is 0.757. The van der Waals surface area contributed by atoms with Gasteiger partial charge < -0.3 is 5.73 Å². The highest BCUT2D eigenvalue weighted by Gasteiger charge is 2.36. The molecule has 1 amide bonds. The summed E-state index contributed by atoms with van der Waals surface area (Å²) in [5, 5.41) is 0. The first-order valence-electron chi connectivity index (χ1n) is 3.59. The summed E-state index contributed by atoms with van der Waals surface area (Å²) < 4.78 is 25.5. The number of nitrogens with two attached hydrogens (primary N) is 1. The van der Waals surface area contributed by atoms with Gasteiger partial charge in [0.15, 0.2) is 0 Å². The number of nitrogens with zero attached hydrogens (tertiary/aromatic N) is 1. The summed E-state index contributed by atoms with van der Waals surface area (Å²) in [5.74, 6) is -5.09. The molecule has 1 heterocycles. The molecular formula is C8H8F2N2O. The van der Waals surface area contributed by atoms with E-state index in [1.165, 1.54) is 24.5 Å². The van der Waals surface area contributed by atoms with Gasteiger partial charge in [-0.25, -0.2) is 0 Å². The molecule has 1 rings (SSSR count). The van der Waals surface area contributed by atoms with E-state index < -0.39 is 18.3 Å². The minimum absolute atomic E-state index is 0.332. The van der Waals surface area contributed by atoms with Gasteiger partial charge in [0.25, 0.3) is 5.91 Å². The monoisotopic (exact) mass is 186 g/mol. The van der Waals surface area contributed by atoms with Crippen molar-refractivity contribution in [1.82, 2.24) is 4.98 Å². The van der Waals surface area contributed by atoms with Gasteiger partial charge in [-0.15, -0.1) is 0 Å². The Kier molecular flexibility index (Phi) is 2.55. The van der Waals surface area contributed by atoms with E-state index in [1.54, 1.807) is 0 Å². The first kappa shape index (κ1) is 9.57. The topological polar surface area (TPSA) is 56.0 Å². The molecule has 1 aromatic rings. The van der Waals surface area contributed by atoms with E-state index in [0.29, 0.717) is 5.56 Å². The summed E-state index contributed by atoms with van der Waals surface area (Å²) in [4.78, 5) is 13.9. The van der Waals surface area contributed by atoms with Crippen LogP contribution in [0.3, 0.4) is 0 Å². The lowest BCUT2D eigenvalue weighted by Crippen LogP contribution is -2.37. The molecule has 0 saturated carbocycles. The minimum atomic E-state index is -3.48. The van der Waals surface area contributed by atoms with Gasteiger partial charge in [0.1, 0.15) is 0 Å². The summed E-state index contributed by atoms with van der Waals surface area (Å²) in [6, 6.07) is 2.83. The van der Waals surface area contributed by atoms with Crippen molar-refractivity contribution < 1.29 is 13.6 Å². The second kappa shape index (κ2) is 3.47. The number of primary amides is 1. The Morgan fingerprint density at radius 1 is 1.46 bits per heavy atom. The zero-order chi connectivity index (χ0) is 9.90. The molecule has 0 aromatic carbocycles. The summed E-state index contributed by atoms with van der Waals surface area (Å²) >= 11 is 0. The Balaban J connectivity index is 2.75. The lowest BCUT2D eigenvalue weighted by atomic mass is 10.1. The Hall–Kier alpha value is -1.52. The van der Waals surface area contributed by atoms with Crippen LogP contribution in [0.5, 0.6) is 0 Å². The third-order valence-electron chi connectivity index (χ3n) is 1.54. The van der Waals surface area contributed by atoms with Crippen molar-refractivity contribution in [2.45, 2.75) is 12.3 Å². The number of hydrogen-bond acceptors (Lipinski definition) is 2. The van der Waals surface area contributed by atoms with Crippen LogP contribution >= 0.6 is 0 Å². The molecule has 0 unspecified atom stereocenters. The molecule has 5 heteroatoms. The van der Waals surface area contributed by atoms with Crippen molar-refractivity contribution in [3.05, 3.63) is 30.1 Å². The van der Waals surface area contributed by atoms with Crippen molar-refractivity contribution in [3.63, 3.8) is 0 Å². The standard InChI is InChI=1S/C8H8F2N2O/c9-8(10,7(11)13)5-6-1-3-12-4-2-6/h1-4H,5H2,(H2,11,13). The van der Waals surface area contributed by atoms with Crippen molar-refractivity contribution in [1.29, 1.82) is 0 Å². The summed E-state index contributed by atoms with van der Waals surface area (Å²) in [6.07, 6.45) is 2.09. The minimum Gasteiger partial charge on any atom is -0.364 e. The fourth-order valence-electron chi connectivity index (χ4n) is 0.844. The SMILES string of the molecule is NC(=O)C(F)(F)Cc1ccncc1. The van der Waals surface area contributed by atoms with E-state index in [0.717, 1.165) is 0 Å². The van der Waals surface area contributed by atoms with Gasteiger partial charge in [-0.05, 0) is 17.7 Å². The molecule has 70 valence electrons. The maximum absolute atomic E-state index is 12.7. The van der Waals surface area contributed by atoms with Gasteiger partial charge in [0, 0.05) is 18.8 Å². The van der Waals surface area contributed by atoms with E-state index in [-0.39, 0.29) is 0 Å². The predicted octanol–water partition coefficient (Wildman–Crippen LogP) is 0.745. The van der Waals surface area contributed by atoms with E-state index in [2.05, 4.69) is 10.7 Å².